The third kappa shape index (κ3) is 2.84. The van der Waals surface area contributed by atoms with Gasteiger partial charge in [0.25, 0.3) is 0 Å². The van der Waals surface area contributed by atoms with Gasteiger partial charge in [-0.25, -0.2) is 9.59 Å². The molecule has 0 radical (unpaired) electrons. The maximum absolute atomic E-state index is 11.6. The summed E-state index contributed by atoms with van der Waals surface area (Å²) in [5, 5.41) is 40.4. The van der Waals surface area contributed by atoms with Gasteiger partial charge in [0.15, 0.2) is 12.2 Å². The Kier molecular flexibility index (Phi) is 4.91. The van der Waals surface area contributed by atoms with Crippen molar-refractivity contribution in [1.82, 2.24) is 0 Å². The Labute approximate surface area is 136 Å². The van der Waals surface area contributed by atoms with Gasteiger partial charge in [-0.15, -0.1) is 0 Å². The first-order valence-corrected chi connectivity index (χ1v) is 6.82. The Morgan fingerprint density at radius 3 is 1.42 bits per heavy atom. The number of aliphatic hydroxyl groups is 2. The molecule has 0 spiro atoms. The van der Waals surface area contributed by atoms with Gasteiger partial charge in [-0.3, -0.25) is 0 Å². The highest BCUT2D eigenvalue weighted by molar-refractivity contribution is 5.97. The van der Waals surface area contributed by atoms with Crippen LogP contribution in [0.2, 0.25) is 0 Å². The summed E-state index contributed by atoms with van der Waals surface area (Å²) in [5.41, 5.74) is -0.338. The summed E-state index contributed by atoms with van der Waals surface area (Å²) in [7, 11) is 2.15. The fraction of sp³-hybridized carbons (Fsp3) is 0.250. The van der Waals surface area contributed by atoms with Gasteiger partial charge in [0.1, 0.15) is 11.5 Å². The van der Waals surface area contributed by atoms with Crippen LogP contribution in [0.4, 0.5) is 0 Å². The summed E-state index contributed by atoms with van der Waals surface area (Å²) in [6, 6.07) is 4.99. The van der Waals surface area contributed by atoms with E-state index in [-0.39, 0.29) is 33.4 Å². The number of carbonyl (C=O) groups is 2. The molecule has 0 aliphatic heterocycles. The minimum atomic E-state index is -1.79. The van der Waals surface area contributed by atoms with E-state index in [1.807, 2.05) is 0 Å². The number of hydrogen-bond acceptors (Lipinski definition) is 8. The van der Waals surface area contributed by atoms with Crippen LogP contribution in [0.1, 0.15) is 23.3 Å². The van der Waals surface area contributed by atoms with E-state index in [0.29, 0.717) is 0 Å². The average molecular weight is 336 g/mol. The van der Waals surface area contributed by atoms with E-state index < -0.39 is 24.1 Å². The fourth-order valence-corrected chi connectivity index (χ4v) is 2.46. The van der Waals surface area contributed by atoms with Crippen molar-refractivity contribution in [3.63, 3.8) is 0 Å². The molecule has 0 fully saturated rings. The molecular weight excluding hydrogens is 320 g/mol. The van der Waals surface area contributed by atoms with Crippen molar-refractivity contribution in [3.8, 4) is 11.5 Å². The number of ether oxygens (including phenoxy) is 2. The zero-order chi connectivity index (χ0) is 18.0. The molecule has 8 heteroatoms. The number of fused-ring (bicyclic) bond motifs is 1. The van der Waals surface area contributed by atoms with Crippen molar-refractivity contribution >= 4 is 22.7 Å². The van der Waals surface area contributed by atoms with Gasteiger partial charge in [0.2, 0.25) is 0 Å². The molecule has 0 saturated heterocycles. The van der Waals surface area contributed by atoms with E-state index in [9.17, 15) is 30.0 Å². The number of aromatic hydroxyl groups is 2. The topological polar surface area (TPSA) is 134 Å². The van der Waals surface area contributed by atoms with E-state index in [4.69, 9.17) is 0 Å². The molecule has 2 rings (SSSR count). The largest absolute Gasteiger partial charge is 0.508 e. The number of methoxy groups -OCH3 is 2. The SMILES string of the molecule is COC(=O)C(O)c1c(O)ccc2c(C(O)C(=O)OC)c(O)ccc12. The predicted octanol–water partition coefficient (Wildman–Crippen LogP) is 0.664. The standard InChI is InChI=1S/C16H16O8/c1-23-15(21)13(19)11-7-3-6-10(18)12(14(20)16(22)24-2)8(7)4-5-9(11)17/h3-6,13-14,17-20H,1-2H3. The monoisotopic (exact) mass is 336 g/mol. The van der Waals surface area contributed by atoms with Crippen LogP contribution in [0.3, 0.4) is 0 Å². The number of hydrogen-bond donors (Lipinski definition) is 4. The normalized spacial score (nSPS) is 13.3. The summed E-state index contributed by atoms with van der Waals surface area (Å²) >= 11 is 0. The van der Waals surface area contributed by atoms with Crippen LogP contribution in [0, 0.1) is 0 Å². The number of phenols is 2. The van der Waals surface area contributed by atoms with Crippen molar-refractivity contribution < 1.29 is 39.5 Å². The molecule has 2 unspecified atom stereocenters. The molecule has 0 aliphatic carbocycles. The second-order valence-electron chi connectivity index (χ2n) is 4.94. The van der Waals surface area contributed by atoms with E-state index in [0.717, 1.165) is 26.4 Å². The summed E-state index contributed by atoms with van der Waals surface area (Å²) < 4.78 is 8.91. The van der Waals surface area contributed by atoms with Gasteiger partial charge in [0, 0.05) is 11.1 Å². The highest BCUT2D eigenvalue weighted by atomic mass is 16.5. The molecule has 24 heavy (non-hydrogen) atoms. The highest BCUT2D eigenvalue weighted by Crippen LogP contribution is 2.39. The smallest absolute Gasteiger partial charge is 0.339 e. The first-order valence-electron chi connectivity index (χ1n) is 6.82. The van der Waals surface area contributed by atoms with Crippen molar-refractivity contribution in [2.45, 2.75) is 12.2 Å². The van der Waals surface area contributed by atoms with Gasteiger partial charge in [-0.2, -0.15) is 0 Å². The third-order valence-electron chi connectivity index (χ3n) is 3.63. The molecule has 8 nitrogen and oxygen atoms in total. The van der Waals surface area contributed by atoms with E-state index >= 15 is 0 Å². The van der Waals surface area contributed by atoms with E-state index in [1.165, 1.54) is 12.1 Å². The number of aliphatic hydroxyl groups excluding tert-OH is 2. The zero-order valence-corrected chi connectivity index (χ0v) is 12.9. The first-order chi connectivity index (χ1) is 11.3. The minimum absolute atomic E-state index is 0.156. The highest BCUT2D eigenvalue weighted by Gasteiger charge is 2.28. The van der Waals surface area contributed by atoms with Crippen molar-refractivity contribution in [2.75, 3.05) is 14.2 Å². The van der Waals surface area contributed by atoms with Crippen LogP contribution < -0.4 is 0 Å². The Bertz CT molecular complexity index is 731. The number of carbonyl (C=O) groups excluding carboxylic acids is 2. The van der Waals surface area contributed by atoms with Crippen LogP contribution in [0.15, 0.2) is 24.3 Å². The molecule has 0 aliphatic rings. The summed E-state index contributed by atoms with van der Waals surface area (Å²) in [5.74, 6) is -2.77. The van der Waals surface area contributed by atoms with E-state index in [2.05, 4.69) is 9.47 Å². The summed E-state index contributed by atoms with van der Waals surface area (Å²) in [6.45, 7) is 0. The lowest BCUT2D eigenvalue weighted by molar-refractivity contribution is -0.151. The number of phenolic OH excluding ortho intramolecular Hbond substituents is 2. The van der Waals surface area contributed by atoms with Crippen molar-refractivity contribution in [1.29, 1.82) is 0 Å². The lowest BCUT2D eigenvalue weighted by Gasteiger charge is -2.18. The maximum Gasteiger partial charge on any atom is 0.339 e. The first kappa shape index (κ1) is 17.5. The average Bonchev–Trinajstić information content (AvgIpc) is 2.59. The number of benzene rings is 2. The molecule has 128 valence electrons. The third-order valence-corrected chi connectivity index (χ3v) is 3.63. The maximum atomic E-state index is 11.6. The molecule has 0 heterocycles. The fourth-order valence-electron chi connectivity index (χ4n) is 2.46. The second kappa shape index (κ2) is 6.73. The molecule has 2 atom stereocenters. The predicted molar refractivity (Wildman–Crippen MR) is 81.2 cm³/mol. The van der Waals surface area contributed by atoms with Gasteiger partial charge in [-0.1, -0.05) is 12.1 Å². The van der Waals surface area contributed by atoms with Gasteiger partial charge in [-0.05, 0) is 22.9 Å². The molecule has 4 N–H and O–H groups in total. The Morgan fingerprint density at radius 1 is 0.792 bits per heavy atom. The number of esters is 2. The van der Waals surface area contributed by atoms with Gasteiger partial charge < -0.3 is 29.9 Å². The Balaban J connectivity index is 2.78. The lowest BCUT2D eigenvalue weighted by atomic mass is 9.93. The van der Waals surface area contributed by atoms with Crippen molar-refractivity contribution in [3.05, 3.63) is 35.4 Å². The lowest BCUT2D eigenvalue weighted by Crippen LogP contribution is -2.16. The van der Waals surface area contributed by atoms with Crippen LogP contribution in [0.25, 0.3) is 10.8 Å². The Hall–Kier alpha value is -2.84. The molecule has 2 aromatic carbocycles. The number of rotatable bonds is 4. The molecular formula is C16H16O8. The van der Waals surface area contributed by atoms with Crippen LogP contribution in [-0.4, -0.2) is 46.6 Å². The van der Waals surface area contributed by atoms with Crippen LogP contribution in [-0.2, 0) is 19.1 Å². The molecule has 0 saturated carbocycles. The second-order valence-corrected chi connectivity index (χ2v) is 4.94. The van der Waals surface area contributed by atoms with E-state index in [1.54, 1.807) is 0 Å². The van der Waals surface area contributed by atoms with Gasteiger partial charge >= 0.3 is 11.9 Å². The summed E-state index contributed by atoms with van der Waals surface area (Å²) in [6.07, 6.45) is -3.57. The summed E-state index contributed by atoms with van der Waals surface area (Å²) in [4.78, 5) is 23.2. The van der Waals surface area contributed by atoms with Crippen LogP contribution >= 0.6 is 0 Å². The molecule has 0 bridgehead atoms. The molecule has 2 aromatic rings. The molecule has 0 aromatic heterocycles. The van der Waals surface area contributed by atoms with Gasteiger partial charge in [0.05, 0.1) is 14.2 Å². The van der Waals surface area contributed by atoms with Crippen molar-refractivity contribution in [2.24, 2.45) is 0 Å². The molecule has 0 amide bonds. The quantitative estimate of drug-likeness (QED) is 0.599. The Morgan fingerprint density at radius 2 is 1.12 bits per heavy atom. The zero-order valence-electron chi connectivity index (χ0n) is 12.9. The minimum Gasteiger partial charge on any atom is -0.508 e. The van der Waals surface area contributed by atoms with Crippen LogP contribution in [0.5, 0.6) is 11.5 Å².